The average molecular weight is 428 g/mol. The van der Waals surface area contributed by atoms with Crippen molar-refractivity contribution in [3.8, 4) is 22.9 Å². The topological polar surface area (TPSA) is 112 Å². The summed E-state index contributed by atoms with van der Waals surface area (Å²) in [4.78, 5) is 25.1. The maximum atomic E-state index is 12.8. The van der Waals surface area contributed by atoms with Crippen molar-refractivity contribution in [1.29, 1.82) is 5.26 Å². The quantitative estimate of drug-likeness (QED) is 0.484. The van der Waals surface area contributed by atoms with Gasteiger partial charge in [0.25, 0.3) is 0 Å². The van der Waals surface area contributed by atoms with Crippen LogP contribution in [0, 0.1) is 11.3 Å². The second kappa shape index (κ2) is 8.32. The number of nitrogen functional groups attached to an aromatic ring is 1. The molecular weight excluding hydrogens is 408 g/mol. The molecule has 0 bridgehead atoms. The zero-order valence-corrected chi connectivity index (χ0v) is 17.5. The summed E-state index contributed by atoms with van der Waals surface area (Å²) in [5.41, 5.74) is 9.46. The first-order valence-corrected chi connectivity index (χ1v) is 9.87. The number of rotatable bonds is 5. The number of aromatic nitrogens is 2. The van der Waals surface area contributed by atoms with E-state index in [4.69, 9.17) is 15.2 Å². The van der Waals surface area contributed by atoms with Gasteiger partial charge in [0.05, 0.1) is 36.0 Å². The maximum Gasteiger partial charge on any atom is 0.357 e. The first kappa shape index (κ1) is 20.8. The number of nitriles is 1. The lowest BCUT2D eigenvalue weighted by atomic mass is 10.0. The van der Waals surface area contributed by atoms with Gasteiger partial charge in [-0.15, -0.1) is 0 Å². The molecule has 4 rings (SSSR count). The van der Waals surface area contributed by atoms with Crippen molar-refractivity contribution >= 4 is 23.1 Å². The number of carbonyl (C=O) groups excluding carboxylic acids is 2. The number of fused-ring (bicyclic) bond motifs is 1. The first-order chi connectivity index (χ1) is 15.5. The molecule has 0 amide bonds. The van der Waals surface area contributed by atoms with Crippen molar-refractivity contribution < 1.29 is 19.1 Å². The van der Waals surface area contributed by atoms with E-state index < -0.39 is 11.9 Å². The van der Waals surface area contributed by atoms with Crippen molar-refractivity contribution in [3.63, 3.8) is 0 Å². The molecule has 0 spiro atoms. The van der Waals surface area contributed by atoms with Crippen molar-refractivity contribution in [2.24, 2.45) is 0 Å². The number of nitrogens with two attached hydrogens (primary N) is 1. The van der Waals surface area contributed by atoms with Gasteiger partial charge in [0, 0.05) is 29.8 Å². The van der Waals surface area contributed by atoms with Gasteiger partial charge in [-0.1, -0.05) is 18.2 Å². The molecule has 0 saturated heterocycles. The molecule has 3 heterocycles. The monoisotopic (exact) mass is 428 g/mol. The Kier molecular flexibility index (Phi) is 5.39. The van der Waals surface area contributed by atoms with Crippen LogP contribution in [0.15, 0.2) is 61.1 Å². The van der Waals surface area contributed by atoms with Crippen LogP contribution in [0.5, 0.6) is 0 Å². The van der Waals surface area contributed by atoms with Crippen LogP contribution in [0.2, 0.25) is 0 Å². The molecule has 0 aliphatic rings. The van der Waals surface area contributed by atoms with Crippen LogP contribution >= 0.6 is 0 Å². The van der Waals surface area contributed by atoms with Gasteiger partial charge in [-0.3, -0.25) is 0 Å². The van der Waals surface area contributed by atoms with Crippen LogP contribution in [0.25, 0.3) is 22.3 Å². The SMILES string of the molecule is CCOC(=O)c1c(-c2cccc(-n3cc(C#N)c(N)c3C(=O)OC)c2)cn2ccccc12. The highest BCUT2D eigenvalue weighted by molar-refractivity contribution is 6.05. The molecule has 8 nitrogen and oxygen atoms in total. The Bertz CT molecular complexity index is 1390. The van der Waals surface area contributed by atoms with Gasteiger partial charge in [0.1, 0.15) is 6.07 Å². The summed E-state index contributed by atoms with van der Waals surface area (Å²) in [7, 11) is 1.25. The fraction of sp³-hybridized carbons (Fsp3) is 0.125. The Hall–Kier alpha value is -4.51. The molecule has 0 fully saturated rings. The molecule has 4 aromatic rings. The summed E-state index contributed by atoms with van der Waals surface area (Å²) >= 11 is 0. The zero-order chi connectivity index (χ0) is 22.8. The minimum atomic E-state index is -0.656. The average Bonchev–Trinajstić information content (AvgIpc) is 3.36. The fourth-order valence-electron chi connectivity index (χ4n) is 3.70. The van der Waals surface area contributed by atoms with Gasteiger partial charge in [-0.2, -0.15) is 5.26 Å². The lowest BCUT2D eigenvalue weighted by molar-refractivity contribution is 0.0528. The number of methoxy groups -OCH3 is 1. The number of nitrogens with zero attached hydrogens (tertiary/aromatic N) is 3. The molecule has 0 saturated carbocycles. The van der Waals surface area contributed by atoms with Gasteiger partial charge < -0.3 is 24.2 Å². The summed E-state index contributed by atoms with van der Waals surface area (Å²) in [5, 5.41) is 9.37. The summed E-state index contributed by atoms with van der Waals surface area (Å²) in [6.45, 7) is 2.01. The summed E-state index contributed by atoms with van der Waals surface area (Å²) in [5.74, 6) is -1.08. The highest BCUT2D eigenvalue weighted by Gasteiger charge is 2.23. The van der Waals surface area contributed by atoms with E-state index in [0.29, 0.717) is 16.8 Å². The number of ether oxygens (including phenoxy) is 2. The highest BCUT2D eigenvalue weighted by Crippen LogP contribution is 2.32. The van der Waals surface area contributed by atoms with E-state index in [1.807, 2.05) is 53.2 Å². The molecule has 1 aromatic carbocycles. The number of hydrogen-bond donors (Lipinski definition) is 1. The fourth-order valence-corrected chi connectivity index (χ4v) is 3.70. The predicted molar refractivity (Wildman–Crippen MR) is 119 cm³/mol. The Morgan fingerprint density at radius 3 is 2.66 bits per heavy atom. The molecule has 0 radical (unpaired) electrons. The van der Waals surface area contributed by atoms with E-state index in [0.717, 1.165) is 11.1 Å². The molecule has 0 atom stereocenters. The predicted octanol–water partition coefficient (Wildman–Crippen LogP) is 3.81. The molecular formula is C24H20N4O4. The Labute approximate surface area is 184 Å². The molecule has 160 valence electrons. The van der Waals surface area contributed by atoms with Crippen LogP contribution in [-0.2, 0) is 9.47 Å². The van der Waals surface area contributed by atoms with Crippen molar-refractivity contribution in [2.75, 3.05) is 19.5 Å². The third-order valence-corrected chi connectivity index (χ3v) is 5.14. The number of hydrogen-bond acceptors (Lipinski definition) is 6. The third-order valence-electron chi connectivity index (χ3n) is 5.14. The molecule has 0 unspecified atom stereocenters. The van der Waals surface area contributed by atoms with Gasteiger partial charge in [0.2, 0.25) is 0 Å². The van der Waals surface area contributed by atoms with Crippen LogP contribution in [0.1, 0.15) is 33.3 Å². The minimum absolute atomic E-state index is 0.0478. The number of esters is 2. The second-order valence-corrected chi connectivity index (χ2v) is 6.96. The van der Waals surface area contributed by atoms with Gasteiger partial charge in [-0.05, 0) is 36.8 Å². The van der Waals surface area contributed by atoms with Crippen LogP contribution < -0.4 is 5.73 Å². The first-order valence-electron chi connectivity index (χ1n) is 9.87. The second-order valence-electron chi connectivity index (χ2n) is 6.96. The number of anilines is 1. The normalized spacial score (nSPS) is 10.7. The minimum Gasteiger partial charge on any atom is -0.464 e. The lowest BCUT2D eigenvalue weighted by Crippen LogP contribution is -2.11. The smallest absolute Gasteiger partial charge is 0.357 e. The summed E-state index contributed by atoms with van der Waals surface area (Å²) in [6, 6.07) is 14.8. The van der Waals surface area contributed by atoms with E-state index in [-0.39, 0.29) is 23.6 Å². The van der Waals surface area contributed by atoms with Gasteiger partial charge in [0.15, 0.2) is 5.69 Å². The number of pyridine rings is 1. The van der Waals surface area contributed by atoms with E-state index in [2.05, 4.69) is 0 Å². The van der Waals surface area contributed by atoms with Crippen molar-refractivity contribution in [3.05, 3.63) is 77.9 Å². The molecule has 0 aliphatic carbocycles. The number of carbonyl (C=O) groups is 2. The molecule has 0 aliphatic heterocycles. The molecule has 3 aromatic heterocycles. The summed E-state index contributed by atoms with van der Waals surface area (Å²) in [6.07, 6.45) is 5.20. The van der Waals surface area contributed by atoms with E-state index >= 15 is 0 Å². The molecule has 8 heteroatoms. The number of benzene rings is 1. The Morgan fingerprint density at radius 2 is 1.94 bits per heavy atom. The largest absolute Gasteiger partial charge is 0.464 e. The maximum absolute atomic E-state index is 12.8. The summed E-state index contributed by atoms with van der Waals surface area (Å²) < 4.78 is 13.5. The van der Waals surface area contributed by atoms with E-state index in [9.17, 15) is 14.9 Å². The van der Waals surface area contributed by atoms with Gasteiger partial charge >= 0.3 is 11.9 Å². The van der Waals surface area contributed by atoms with Crippen molar-refractivity contribution in [2.45, 2.75) is 6.92 Å². The third kappa shape index (κ3) is 3.36. The van der Waals surface area contributed by atoms with E-state index in [1.165, 1.54) is 17.9 Å². The van der Waals surface area contributed by atoms with Gasteiger partial charge in [-0.25, -0.2) is 9.59 Å². The van der Waals surface area contributed by atoms with Crippen molar-refractivity contribution in [1.82, 2.24) is 8.97 Å². The van der Waals surface area contributed by atoms with Crippen LogP contribution in [0.4, 0.5) is 5.69 Å². The van der Waals surface area contributed by atoms with Crippen LogP contribution in [-0.4, -0.2) is 34.6 Å². The Balaban J connectivity index is 1.92. The Morgan fingerprint density at radius 1 is 1.12 bits per heavy atom. The zero-order valence-electron chi connectivity index (χ0n) is 17.5. The highest BCUT2D eigenvalue weighted by atomic mass is 16.5. The molecule has 2 N–H and O–H groups in total. The lowest BCUT2D eigenvalue weighted by Gasteiger charge is -2.11. The standard InChI is InChI=1S/C24H20N4O4/c1-3-32-23(29)20-18(14-27-10-5-4-9-19(20)27)15-7-6-8-17(11-15)28-13-16(12-25)21(26)22(28)24(30)31-2/h4-11,13-14H,3,26H2,1-2H3. The van der Waals surface area contributed by atoms with Crippen LogP contribution in [0.3, 0.4) is 0 Å². The molecule has 32 heavy (non-hydrogen) atoms. The van der Waals surface area contributed by atoms with E-state index in [1.54, 1.807) is 19.1 Å².